The van der Waals surface area contributed by atoms with Gasteiger partial charge in [0.05, 0.1) is 12.8 Å². The highest BCUT2D eigenvalue weighted by Crippen LogP contribution is 2.06. The first-order valence-electron chi connectivity index (χ1n) is 5.72. The van der Waals surface area contributed by atoms with Gasteiger partial charge in [0.25, 0.3) is 11.5 Å². The lowest BCUT2D eigenvalue weighted by Crippen LogP contribution is -2.42. The van der Waals surface area contributed by atoms with E-state index in [4.69, 9.17) is 0 Å². The first-order chi connectivity index (χ1) is 8.79. The Kier molecular flexibility index (Phi) is 4.42. The van der Waals surface area contributed by atoms with Crippen molar-refractivity contribution in [2.45, 2.75) is 26.8 Å². The van der Waals surface area contributed by atoms with Crippen LogP contribution in [0.15, 0.2) is 4.79 Å². The summed E-state index contributed by atoms with van der Waals surface area (Å²) in [6.45, 7) is 4.83. The molecule has 0 aliphatic heterocycles. The minimum Gasteiger partial charge on any atom is -0.467 e. The van der Waals surface area contributed by atoms with Crippen LogP contribution >= 0.6 is 0 Å². The average molecular weight is 267 g/mol. The second-order valence-corrected chi connectivity index (χ2v) is 4.23. The standard InChI is InChI=1S/C12H17N3O4/c1-6-7(2)14-15(4)11(17)9(6)10(16)13-8(3)12(18)19-5/h8H,1-5H3,(H,13,16)/t8-/m0/s1. The first-order valence-corrected chi connectivity index (χ1v) is 5.72. The third kappa shape index (κ3) is 2.98. The first kappa shape index (κ1) is 14.9. The number of methoxy groups -OCH3 is 1. The van der Waals surface area contributed by atoms with E-state index in [1.54, 1.807) is 13.8 Å². The molecule has 0 bridgehead atoms. The van der Waals surface area contributed by atoms with Crippen LogP contribution in [0.3, 0.4) is 0 Å². The number of amides is 1. The molecule has 1 N–H and O–H groups in total. The molecule has 1 atom stereocenters. The Bertz CT molecular complexity index is 577. The Morgan fingerprint density at radius 3 is 2.47 bits per heavy atom. The maximum absolute atomic E-state index is 12.1. The van der Waals surface area contributed by atoms with Gasteiger partial charge in [-0.15, -0.1) is 0 Å². The third-order valence-corrected chi connectivity index (χ3v) is 2.85. The van der Waals surface area contributed by atoms with Crippen LogP contribution in [-0.2, 0) is 16.6 Å². The zero-order chi connectivity index (χ0) is 14.7. The molecule has 0 saturated heterocycles. The lowest BCUT2D eigenvalue weighted by atomic mass is 10.1. The predicted molar refractivity (Wildman–Crippen MR) is 67.9 cm³/mol. The summed E-state index contributed by atoms with van der Waals surface area (Å²) in [6.07, 6.45) is 0. The monoisotopic (exact) mass is 267 g/mol. The molecule has 0 aliphatic carbocycles. The number of nitrogens with one attached hydrogen (secondary N) is 1. The lowest BCUT2D eigenvalue weighted by molar-refractivity contribution is -0.142. The van der Waals surface area contributed by atoms with E-state index in [9.17, 15) is 14.4 Å². The van der Waals surface area contributed by atoms with Crippen LogP contribution in [0.5, 0.6) is 0 Å². The Morgan fingerprint density at radius 2 is 1.95 bits per heavy atom. The summed E-state index contributed by atoms with van der Waals surface area (Å²) in [5, 5.41) is 6.41. The molecule has 1 heterocycles. The van der Waals surface area contributed by atoms with Crippen LogP contribution in [0.4, 0.5) is 0 Å². The fourth-order valence-electron chi connectivity index (χ4n) is 1.62. The van der Waals surface area contributed by atoms with Crippen molar-refractivity contribution in [1.82, 2.24) is 15.1 Å². The summed E-state index contributed by atoms with van der Waals surface area (Å²) in [6, 6.07) is -0.824. The molecule has 0 saturated carbocycles. The van der Waals surface area contributed by atoms with Crippen molar-refractivity contribution in [3.05, 3.63) is 27.2 Å². The van der Waals surface area contributed by atoms with Gasteiger partial charge in [0.1, 0.15) is 11.6 Å². The highest BCUT2D eigenvalue weighted by Gasteiger charge is 2.22. The van der Waals surface area contributed by atoms with Crippen LogP contribution in [0, 0.1) is 13.8 Å². The van der Waals surface area contributed by atoms with Gasteiger partial charge in [-0.2, -0.15) is 5.10 Å². The number of nitrogens with zero attached hydrogens (tertiary/aromatic N) is 2. The minimum absolute atomic E-state index is 0.00856. The molecule has 0 unspecified atom stereocenters. The Hall–Kier alpha value is -2.18. The molecule has 0 aliphatic rings. The summed E-state index contributed by atoms with van der Waals surface area (Å²) in [7, 11) is 2.70. The van der Waals surface area contributed by atoms with E-state index in [-0.39, 0.29) is 5.56 Å². The smallest absolute Gasteiger partial charge is 0.328 e. The Balaban J connectivity index is 3.14. The second kappa shape index (κ2) is 5.64. The minimum atomic E-state index is -0.824. The molecule has 1 aromatic rings. The van der Waals surface area contributed by atoms with Crippen molar-refractivity contribution >= 4 is 11.9 Å². The summed E-state index contributed by atoms with van der Waals surface area (Å²) in [5.74, 6) is -1.19. The molecule has 1 amide bonds. The number of esters is 1. The van der Waals surface area contributed by atoms with Gasteiger partial charge < -0.3 is 10.1 Å². The van der Waals surface area contributed by atoms with Crippen molar-refractivity contribution in [2.24, 2.45) is 7.05 Å². The van der Waals surface area contributed by atoms with E-state index < -0.39 is 23.5 Å². The van der Waals surface area contributed by atoms with Crippen molar-refractivity contribution in [3.8, 4) is 0 Å². The summed E-state index contributed by atoms with van der Waals surface area (Å²) >= 11 is 0. The maximum atomic E-state index is 12.1. The molecule has 19 heavy (non-hydrogen) atoms. The molecule has 1 aromatic heterocycles. The molecule has 0 radical (unpaired) electrons. The average Bonchev–Trinajstić information content (AvgIpc) is 2.35. The quantitative estimate of drug-likeness (QED) is 0.758. The normalized spacial score (nSPS) is 11.8. The maximum Gasteiger partial charge on any atom is 0.328 e. The molecule has 7 heteroatoms. The number of hydrogen-bond donors (Lipinski definition) is 1. The zero-order valence-corrected chi connectivity index (χ0v) is 11.6. The molecule has 1 rings (SSSR count). The highest BCUT2D eigenvalue weighted by molar-refractivity contribution is 5.97. The van der Waals surface area contributed by atoms with Crippen molar-refractivity contribution < 1.29 is 14.3 Å². The van der Waals surface area contributed by atoms with Crippen molar-refractivity contribution in [1.29, 1.82) is 0 Å². The predicted octanol–water partition coefficient (Wildman–Crippen LogP) is -0.312. The fourth-order valence-corrected chi connectivity index (χ4v) is 1.62. The lowest BCUT2D eigenvalue weighted by Gasteiger charge is -2.13. The van der Waals surface area contributed by atoms with Crippen LogP contribution in [0.25, 0.3) is 0 Å². The Morgan fingerprint density at radius 1 is 1.37 bits per heavy atom. The van der Waals surface area contributed by atoms with Crippen LogP contribution in [-0.4, -0.2) is 34.8 Å². The highest BCUT2D eigenvalue weighted by atomic mass is 16.5. The summed E-state index contributed by atoms with van der Waals surface area (Å²) < 4.78 is 5.60. The zero-order valence-electron chi connectivity index (χ0n) is 11.6. The van der Waals surface area contributed by atoms with Gasteiger partial charge in [0.15, 0.2) is 0 Å². The second-order valence-electron chi connectivity index (χ2n) is 4.23. The van der Waals surface area contributed by atoms with Gasteiger partial charge in [-0.1, -0.05) is 0 Å². The summed E-state index contributed by atoms with van der Waals surface area (Å²) in [5.41, 5.74) is 0.569. The molecule has 0 fully saturated rings. The SMILES string of the molecule is COC(=O)[C@H](C)NC(=O)c1c(C)c(C)nn(C)c1=O. The van der Waals surface area contributed by atoms with Gasteiger partial charge >= 0.3 is 5.97 Å². The van der Waals surface area contributed by atoms with Crippen molar-refractivity contribution in [2.75, 3.05) is 7.11 Å². The van der Waals surface area contributed by atoms with Crippen LogP contribution < -0.4 is 10.9 Å². The molecule has 0 spiro atoms. The summed E-state index contributed by atoms with van der Waals surface area (Å²) in [4.78, 5) is 35.2. The molecule has 7 nitrogen and oxygen atoms in total. The number of hydrogen-bond acceptors (Lipinski definition) is 5. The van der Waals surface area contributed by atoms with Crippen molar-refractivity contribution in [3.63, 3.8) is 0 Å². The number of carbonyl (C=O) groups is 2. The van der Waals surface area contributed by atoms with E-state index >= 15 is 0 Å². The number of rotatable bonds is 3. The van der Waals surface area contributed by atoms with E-state index in [0.717, 1.165) is 4.68 Å². The topological polar surface area (TPSA) is 90.3 Å². The van der Waals surface area contributed by atoms with Gasteiger partial charge in [0, 0.05) is 7.05 Å². The third-order valence-electron chi connectivity index (χ3n) is 2.85. The number of carbonyl (C=O) groups excluding carboxylic acids is 2. The molecule has 0 aromatic carbocycles. The van der Waals surface area contributed by atoms with E-state index in [2.05, 4.69) is 15.2 Å². The Labute approximate surface area is 110 Å². The van der Waals surface area contributed by atoms with Crippen LogP contribution in [0.1, 0.15) is 28.5 Å². The van der Waals surface area contributed by atoms with Crippen LogP contribution in [0.2, 0.25) is 0 Å². The van der Waals surface area contributed by atoms with E-state index in [0.29, 0.717) is 11.3 Å². The molecular weight excluding hydrogens is 250 g/mol. The van der Waals surface area contributed by atoms with Gasteiger partial charge in [-0.05, 0) is 26.3 Å². The number of aryl methyl sites for hydroxylation is 2. The number of ether oxygens (including phenoxy) is 1. The van der Waals surface area contributed by atoms with Gasteiger partial charge in [-0.3, -0.25) is 9.59 Å². The van der Waals surface area contributed by atoms with Gasteiger partial charge in [0.2, 0.25) is 0 Å². The largest absolute Gasteiger partial charge is 0.467 e. The van der Waals surface area contributed by atoms with Gasteiger partial charge in [-0.25, -0.2) is 9.48 Å². The van der Waals surface area contributed by atoms with E-state index in [1.165, 1.54) is 21.1 Å². The fraction of sp³-hybridized carbons (Fsp3) is 0.500. The molecular formula is C12H17N3O4. The van der Waals surface area contributed by atoms with E-state index in [1.807, 2.05) is 0 Å². The number of aromatic nitrogens is 2. The molecule has 104 valence electrons.